The zero-order valence-electron chi connectivity index (χ0n) is 15.3. The Kier molecular flexibility index (Phi) is 6.81. The summed E-state index contributed by atoms with van der Waals surface area (Å²) in [4.78, 5) is 2.50. The molecule has 1 aromatic heterocycles. The highest BCUT2D eigenvalue weighted by molar-refractivity contribution is 6.42. The lowest BCUT2D eigenvalue weighted by Crippen LogP contribution is -2.45. The molecule has 0 aliphatic carbocycles. The molecule has 1 N–H and O–H groups in total. The number of rotatable bonds is 7. The maximum absolute atomic E-state index is 6.07. The number of ether oxygens (including phenoxy) is 1. The molecule has 2 heterocycles. The van der Waals surface area contributed by atoms with E-state index in [-0.39, 0.29) is 0 Å². The molecule has 26 heavy (non-hydrogen) atoms. The molecule has 1 aliphatic heterocycles. The molecular formula is C19H26Cl2N4O. The predicted molar refractivity (Wildman–Crippen MR) is 108 cm³/mol. The van der Waals surface area contributed by atoms with Crippen LogP contribution < -0.4 is 5.32 Å². The second-order valence-corrected chi connectivity index (χ2v) is 7.71. The van der Waals surface area contributed by atoms with E-state index in [1.807, 2.05) is 24.4 Å². The summed E-state index contributed by atoms with van der Waals surface area (Å²) in [5.41, 5.74) is 0.892. The normalized spacial score (nSPS) is 21.1. The van der Waals surface area contributed by atoms with Crippen molar-refractivity contribution < 1.29 is 4.74 Å². The molecule has 142 valence electrons. The lowest BCUT2D eigenvalue weighted by Gasteiger charge is -2.35. The van der Waals surface area contributed by atoms with Gasteiger partial charge in [0.25, 0.3) is 0 Å². The summed E-state index contributed by atoms with van der Waals surface area (Å²) in [6.07, 6.45) is 4.86. The molecule has 0 saturated carbocycles. The Labute approximate surface area is 165 Å². The monoisotopic (exact) mass is 396 g/mol. The number of hydrogen-bond donors (Lipinski definition) is 1. The average molecular weight is 397 g/mol. The van der Waals surface area contributed by atoms with E-state index in [2.05, 4.69) is 29.2 Å². The van der Waals surface area contributed by atoms with Crippen molar-refractivity contribution >= 4 is 29.0 Å². The predicted octanol–water partition coefficient (Wildman–Crippen LogP) is 4.48. The standard InChI is InChI=1S/C19H26Cl2N4O/c1-14-12-24(13-15(2)26-14)9-4-3-8-22-19-7-10-25(23-19)16-5-6-17(20)18(21)11-16/h5-7,10-11,14-15H,3-4,8-9,12-13H2,1-2H3,(H,22,23). The van der Waals surface area contributed by atoms with Crippen LogP contribution in [0.15, 0.2) is 30.5 Å². The molecule has 2 unspecified atom stereocenters. The second kappa shape index (κ2) is 9.09. The van der Waals surface area contributed by atoms with Gasteiger partial charge >= 0.3 is 0 Å². The number of nitrogens with zero attached hydrogens (tertiary/aromatic N) is 3. The number of nitrogens with one attached hydrogen (secondary N) is 1. The SMILES string of the molecule is CC1CN(CCCCNc2ccn(-c3ccc(Cl)c(Cl)c3)n2)CC(C)O1. The van der Waals surface area contributed by atoms with Crippen molar-refractivity contribution in [3.8, 4) is 5.69 Å². The van der Waals surface area contributed by atoms with Crippen LogP contribution in [-0.2, 0) is 4.74 Å². The molecular weight excluding hydrogens is 371 g/mol. The highest BCUT2D eigenvalue weighted by Gasteiger charge is 2.21. The molecule has 3 rings (SSSR count). The number of hydrogen-bond acceptors (Lipinski definition) is 4. The summed E-state index contributed by atoms with van der Waals surface area (Å²) >= 11 is 12.0. The summed E-state index contributed by atoms with van der Waals surface area (Å²) in [5.74, 6) is 0.865. The van der Waals surface area contributed by atoms with E-state index in [4.69, 9.17) is 27.9 Å². The second-order valence-electron chi connectivity index (χ2n) is 6.89. The lowest BCUT2D eigenvalue weighted by atomic mass is 10.2. The van der Waals surface area contributed by atoms with E-state index in [0.29, 0.717) is 22.3 Å². The Balaban J connectivity index is 1.40. The number of halogens is 2. The van der Waals surface area contributed by atoms with Gasteiger partial charge in [-0.2, -0.15) is 5.10 Å². The van der Waals surface area contributed by atoms with Gasteiger partial charge in [0.2, 0.25) is 0 Å². The minimum Gasteiger partial charge on any atom is -0.373 e. The Morgan fingerprint density at radius 2 is 1.88 bits per heavy atom. The van der Waals surface area contributed by atoms with Crippen molar-refractivity contribution in [2.24, 2.45) is 0 Å². The van der Waals surface area contributed by atoms with Crippen LogP contribution in [0.3, 0.4) is 0 Å². The van der Waals surface area contributed by atoms with Crippen LogP contribution in [-0.4, -0.2) is 53.1 Å². The van der Waals surface area contributed by atoms with Gasteiger partial charge in [-0.15, -0.1) is 0 Å². The third-order valence-electron chi connectivity index (χ3n) is 4.46. The number of unbranched alkanes of at least 4 members (excludes halogenated alkanes) is 1. The van der Waals surface area contributed by atoms with E-state index in [9.17, 15) is 0 Å². The molecule has 2 aromatic rings. The van der Waals surface area contributed by atoms with E-state index in [1.165, 1.54) is 6.42 Å². The molecule has 0 amide bonds. The number of benzene rings is 1. The van der Waals surface area contributed by atoms with Crippen LogP contribution >= 0.6 is 23.2 Å². The minimum atomic E-state index is 0.335. The van der Waals surface area contributed by atoms with Gasteiger partial charge in [0.05, 0.1) is 27.9 Å². The molecule has 1 saturated heterocycles. The first kappa shape index (κ1) is 19.5. The van der Waals surface area contributed by atoms with Crippen LogP contribution in [0, 0.1) is 0 Å². The van der Waals surface area contributed by atoms with Crippen molar-refractivity contribution in [2.45, 2.75) is 38.9 Å². The molecule has 2 atom stereocenters. The first-order chi connectivity index (χ1) is 12.5. The van der Waals surface area contributed by atoms with E-state index >= 15 is 0 Å². The van der Waals surface area contributed by atoms with Crippen molar-refractivity contribution in [2.75, 3.05) is 31.5 Å². The fourth-order valence-electron chi connectivity index (χ4n) is 3.33. The molecule has 0 radical (unpaired) electrons. The van der Waals surface area contributed by atoms with Gasteiger partial charge in [-0.05, 0) is 51.4 Å². The summed E-state index contributed by atoms with van der Waals surface area (Å²) in [6.45, 7) is 8.39. The lowest BCUT2D eigenvalue weighted by molar-refractivity contribution is -0.0681. The smallest absolute Gasteiger partial charge is 0.148 e. The van der Waals surface area contributed by atoms with Crippen molar-refractivity contribution in [1.29, 1.82) is 0 Å². The fraction of sp³-hybridized carbons (Fsp3) is 0.526. The highest BCUT2D eigenvalue weighted by Crippen LogP contribution is 2.24. The number of morpholine rings is 1. The Morgan fingerprint density at radius 1 is 1.12 bits per heavy atom. The van der Waals surface area contributed by atoms with Gasteiger partial charge in [-0.3, -0.25) is 4.90 Å². The largest absolute Gasteiger partial charge is 0.373 e. The number of anilines is 1. The third kappa shape index (κ3) is 5.36. The van der Waals surface area contributed by atoms with Crippen LogP contribution in [0.4, 0.5) is 5.82 Å². The van der Waals surface area contributed by atoms with Gasteiger partial charge < -0.3 is 10.1 Å². The molecule has 5 nitrogen and oxygen atoms in total. The summed E-state index contributed by atoms with van der Waals surface area (Å²) < 4.78 is 7.57. The zero-order valence-corrected chi connectivity index (χ0v) is 16.8. The van der Waals surface area contributed by atoms with Crippen LogP contribution in [0.1, 0.15) is 26.7 Å². The maximum Gasteiger partial charge on any atom is 0.148 e. The Hall–Kier alpha value is -1.27. The molecule has 1 aliphatic rings. The van der Waals surface area contributed by atoms with Crippen LogP contribution in [0.2, 0.25) is 10.0 Å². The zero-order chi connectivity index (χ0) is 18.5. The maximum atomic E-state index is 6.07. The van der Waals surface area contributed by atoms with Gasteiger partial charge in [-0.1, -0.05) is 23.2 Å². The van der Waals surface area contributed by atoms with Gasteiger partial charge in [-0.25, -0.2) is 4.68 Å². The molecule has 7 heteroatoms. The van der Waals surface area contributed by atoms with Gasteiger partial charge in [0, 0.05) is 31.9 Å². The topological polar surface area (TPSA) is 42.3 Å². The Bertz CT molecular complexity index is 711. The van der Waals surface area contributed by atoms with Crippen molar-refractivity contribution in [3.05, 3.63) is 40.5 Å². The molecule has 1 fully saturated rings. The van der Waals surface area contributed by atoms with Crippen molar-refractivity contribution in [1.82, 2.24) is 14.7 Å². The van der Waals surface area contributed by atoms with Crippen LogP contribution in [0.5, 0.6) is 0 Å². The van der Waals surface area contributed by atoms with Crippen LogP contribution in [0.25, 0.3) is 5.69 Å². The summed E-state index contributed by atoms with van der Waals surface area (Å²) in [5, 5.41) is 8.99. The molecule has 0 bridgehead atoms. The molecule has 0 spiro atoms. The fourth-order valence-corrected chi connectivity index (χ4v) is 3.63. The van der Waals surface area contributed by atoms with Gasteiger partial charge in [0.15, 0.2) is 0 Å². The van der Waals surface area contributed by atoms with Crippen molar-refractivity contribution in [3.63, 3.8) is 0 Å². The minimum absolute atomic E-state index is 0.335. The van der Waals surface area contributed by atoms with Gasteiger partial charge in [0.1, 0.15) is 5.82 Å². The van der Waals surface area contributed by atoms with E-state index in [0.717, 1.165) is 44.1 Å². The Morgan fingerprint density at radius 3 is 2.62 bits per heavy atom. The van der Waals surface area contributed by atoms with E-state index in [1.54, 1.807) is 10.7 Å². The first-order valence-electron chi connectivity index (χ1n) is 9.14. The highest BCUT2D eigenvalue weighted by atomic mass is 35.5. The number of aromatic nitrogens is 2. The first-order valence-corrected chi connectivity index (χ1v) is 9.89. The summed E-state index contributed by atoms with van der Waals surface area (Å²) in [6, 6.07) is 7.45. The summed E-state index contributed by atoms with van der Waals surface area (Å²) in [7, 11) is 0. The third-order valence-corrected chi connectivity index (χ3v) is 5.20. The average Bonchev–Trinajstić information content (AvgIpc) is 3.05. The quantitative estimate of drug-likeness (QED) is 0.700. The van der Waals surface area contributed by atoms with E-state index < -0.39 is 0 Å². The molecule has 1 aromatic carbocycles.